The summed E-state index contributed by atoms with van der Waals surface area (Å²) in [4.78, 5) is 13.3. The van der Waals surface area contributed by atoms with Crippen molar-refractivity contribution in [3.8, 4) is 0 Å². The van der Waals surface area contributed by atoms with E-state index in [-0.39, 0.29) is 10.6 Å². The van der Waals surface area contributed by atoms with Crippen LogP contribution >= 0.6 is 11.3 Å². The first-order chi connectivity index (χ1) is 9.37. The van der Waals surface area contributed by atoms with Crippen LogP contribution in [0.2, 0.25) is 0 Å². The minimum absolute atomic E-state index is 0.145. The van der Waals surface area contributed by atoms with Crippen molar-refractivity contribution in [3.63, 3.8) is 0 Å². The number of hydrogen-bond acceptors (Lipinski definition) is 5. The quantitative estimate of drug-likeness (QED) is 0.802. The Labute approximate surface area is 122 Å². The molecular formula is C12H18N2O4S2. The minimum Gasteiger partial charge on any atom is -0.481 e. The maximum atomic E-state index is 12.1. The predicted octanol–water partition coefficient (Wildman–Crippen LogP) is 0.605. The third-order valence-electron chi connectivity index (χ3n) is 3.28. The smallest absolute Gasteiger partial charge is 0.308 e. The van der Waals surface area contributed by atoms with Crippen molar-refractivity contribution in [1.82, 2.24) is 9.62 Å². The Morgan fingerprint density at radius 3 is 2.90 bits per heavy atom. The highest BCUT2D eigenvalue weighted by molar-refractivity contribution is 7.91. The van der Waals surface area contributed by atoms with E-state index in [9.17, 15) is 13.2 Å². The van der Waals surface area contributed by atoms with Gasteiger partial charge in [0.25, 0.3) is 0 Å². The van der Waals surface area contributed by atoms with Crippen LogP contribution in [0.4, 0.5) is 0 Å². The second-order valence-corrected chi connectivity index (χ2v) is 8.22. The van der Waals surface area contributed by atoms with Gasteiger partial charge in [-0.15, -0.1) is 11.3 Å². The van der Waals surface area contributed by atoms with Crippen LogP contribution in [0.15, 0.2) is 16.3 Å². The molecule has 112 valence electrons. The highest BCUT2D eigenvalue weighted by Gasteiger charge is 2.23. The lowest BCUT2D eigenvalue weighted by Gasteiger charge is -2.11. The van der Waals surface area contributed by atoms with Crippen molar-refractivity contribution in [2.45, 2.75) is 17.1 Å². The summed E-state index contributed by atoms with van der Waals surface area (Å²) in [5.74, 6) is -0.619. The Morgan fingerprint density at radius 1 is 1.55 bits per heavy atom. The molecule has 0 saturated carbocycles. The summed E-state index contributed by atoms with van der Waals surface area (Å²) in [7, 11) is -1.50. The van der Waals surface area contributed by atoms with E-state index in [1.165, 1.54) is 6.07 Å². The lowest BCUT2D eigenvalue weighted by molar-refractivity contribution is -0.136. The highest BCUT2D eigenvalue weighted by atomic mass is 32.2. The molecular weight excluding hydrogens is 300 g/mol. The lowest BCUT2D eigenvalue weighted by atomic mass is 10.1. The summed E-state index contributed by atoms with van der Waals surface area (Å²) < 4.78 is 27.0. The first kappa shape index (κ1) is 15.4. The fourth-order valence-electron chi connectivity index (χ4n) is 2.24. The van der Waals surface area contributed by atoms with Crippen LogP contribution in [-0.2, 0) is 21.2 Å². The van der Waals surface area contributed by atoms with E-state index in [4.69, 9.17) is 5.11 Å². The van der Waals surface area contributed by atoms with Crippen LogP contribution in [0.5, 0.6) is 0 Å². The van der Waals surface area contributed by atoms with Crippen LogP contribution < -0.4 is 4.72 Å². The van der Waals surface area contributed by atoms with Gasteiger partial charge in [-0.1, -0.05) is 0 Å². The van der Waals surface area contributed by atoms with Gasteiger partial charge in [0.2, 0.25) is 10.0 Å². The van der Waals surface area contributed by atoms with Gasteiger partial charge in [0.05, 0.1) is 6.42 Å². The number of carboxylic acids is 1. The topological polar surface area (TPSA) is 86.7 Å². The number of nitrogens with zero attached hydrogens (tertiary/aromatic N) is 1. The van der Waals surface area contributed by atoms with Gasteiger partial charge >= 0.3 is 5.97 Å². The first-order valence-corrected chi connectivity index (χ1v) is 8.65. The molecule has 2 N–H and O–H groups in total. The molecule has 1 unspecified atom stereocenters. The first-order valence-electron chi connectivity index (χ1n) is 6.35. The standard InChI is InChI=1S/C12H18N2O4S2/c1-14-5-4-9(8-14)7-13-20(17,18)12-3-2-10(19-12)6-11(15)16/h2-3,9,13H,4-8H2,1H3,(H,15,16). The molecule has 1 saturated heterocycles. The number of hydrogen-bond donors (Lipinski definition) is 2. The Bertz CT molecular complexity index is 582. The van der Waals surface area contributed by atoms with Crippen molar-refractivity contribution in [1.29, 1.82) is 0 Å². The Kier molecular flexibility index (Phi) is 4.79. The fourth-order valence-corrected chi connectivity index (χ4v) is 4.75. The molecule has 0 amide bonds. The number of sulfonamides is 1. The number of nitrogens with one attached hydrogen (secondary N) is 1. The van der Waals surface area contributed by atoms with Gasteiger partial charge in [-0.05, 0) is 38.1 Å². The van der Waals surface area contributed by atoms with Crippen LogP contribution in [-0.4, -0.2) is 51.1 Å². The Hall–Kier alpha value is -0.960. The van der Waals surface area contributed by atoms with Crippen molar-refractivity contribution in [2.75, 3.05) is 26.7 Å². The molecule has 2 heterocycles. The zero-order valence-electron chi connectivity index (χ0n) is 11.2. The highest BCUT2D eigenvalue weighted by Crippen LogP contribution is 2.22. The molecule has 0 spiro atoms. The SMILES string of the molecule is CN1CCC(CNS(=O)(=O)c2ccc(CC(=O)O)s2)C1. The van der Waals surface area contributed by atoms with Gasteiger partial charge in [-0.3, -0.25) is 4.79 Å². The molecule has 1 atom stereocenters. The number of likely N-dealkylation sites (tertiary alicyclic amines) is 1. The normalized spacial score (nSPS) is 20.4. The minimum atomic E-state index is -3.52. The molecule has 20 heavy (non-hydrogen) atoms. The van der Waals surface area contributed by atoms with Gasteiger partial charge in [0.1, 0.15) is 4.21 Å². The zero-order valence-corrected chi connectivity index (χ0v) is 12.8. The molecule has 1 fully saturated rings. The third kappa shape index (κ3) is 4.02. The van der Waals surface area contributed by atoms with Crippen LogP contribution in [0.25, 0.3) is 0 Å². The van der Waals surface area contributed by atoms with E-state index in [0.717, 1.165) is 30.8 Å². The van der Waals surface area contributed by atoms with Gasteiger partial charge in [-0.2, -0.15) is 0 Å². The third-order valence-corrected chi connectivity index (χ3v) is 6.28. The second kappa shape index (κ2) is 6.21. The van der Waals surface area contributed by atoms with E-state index in [1.807, 2.05) is 7.05 Å². The van der Waals surface area contributed by atoms with Gasteiger partial charge in [0.15, 0.2) is 0 Å². The molecule has 8 heteroatoms. The second-order valence-electron chi connectivity index (χ2n) is 5.06. The maximum absolute atomic E-state index is 12.1. The number of carbonyl (C=O) groups is 1. The molecule has 0 aromatic carbocycles. The summed E-state index contributed by atoms with van der Waals surface area (Å²) in [6.07, 6.45) is 0.849. The maximum Gasteiger partial charge on any atom is 0.308 e. The Balaban J connectivity index is 1.95. The van der Waals surface area contributed by atoms with E-state index in [1.54, 1.807) is 6.07 Å². The Morgan fingerprint density at radius 2 is 2.30 bits per heavy atom. The summed E-state index contributed by atoms with van der Waals surface area (Å²) >= 11 is 1.01. The fraction of sp³-hybridized carbons (Fsp3) is 0.583. The summed E-state index contributed by atoms with van der Waals surface area (Å²) in [5.41, 5.74) is 0. The van der Waals surface area contributed by atoms with E-state index >= 15 is 0 Å². The number of rotatable bonds is 6. The predicted molar refractivity (Wildman–Crippen MR) is 76.5 cm³/mol. The molecule has 6 nitrogen and oxygen atoms in total. The zero-order chi connectivity index (χ0) is 14.8. The summed E-state index contributed by atoms with van der Waals surface area (Å²) in [6.45, 7) is 2.32. The molecule has 2 rings (SSSR count). The molecule has 0 radical (unpaired) electrons. The number of thiophene rings is 1. The molecule has 1 aromatic heterocycles. The number of carboxylic acid groups (broad SMARTS) is 1. The van der Waals surface area contributed by atoms with E-state index < -0.39 is 16.0 Å². The van der Waals surface area contributed by atoms with Gasteiger partial charge in [-0.25, -0.2) is 13.1 Å². The average Bonchev–Trinajstić information content (AvgIpc) is 2.95. The average molecular weight is 318 g/mol. The van der Waals surface area contributed by atoms with E-state index in [2.05, 4.69) is 9.62 Å². The van der Waals surface area contributed by atoms with Crippen LogP contribution in [0.3, 0.4) is 0 Å². The lowest BCUT2D eigenvalue weighted by Crippen LogP contribution is -2.30. The monoisotopic (exact) mass is 318 g/mol. The molecule has 1 aliphatic rings. The summed E-state index contributed by atoms with van der Waals surface area (Å²) in [5, 5.41) is 8.69. The molecule has 1 aliphatic heterocycles. The molecule has 0 bridgehead atoms. The van der Waals surface area contributed by atoms with Crippen LogP contribution in [0, 0.1) is 5.92 Å². The van der Waals surface area contributed by atoms with Gasteiger partial charge < -0.3 is 10.0 Å². The molecule has 0 aliphatic carbocycles. The van der Waals surface area contributed by atoms with Crippen molar-refractivity contribution in [2.24, 2.45) is 5.92 Å². The van der Waals surface area contributed by atoms with Crippen LogP contribution in [0.1, 0.15) is 11.3 Å². The van der Waals surface area contributed by atoms with Crippen molar-refractivity contribution >= 4 is 27.3 Å². The largest absolute Gasteiger partial charge is 0.481 e. The van der Waals surface area contributed by atoms with E-state index in [0.29, 0.717) is 17.3 Å². The number of aliphatic carboxylic acids is 1. The van der Waals surface area contributed by atoms with Crippen molar-refractivity contribution < 1.29 is 18.3 Å². The molecule has 1 aromatic rings. The summed E-state index contributed by atoms with van der Waals surface area (Å²) in [6, 6.07) is 3.02. The van der Waals surface area contributed by atoms with Gasteiger partial charge in [0, 0.05) is 18.0 Å². The van der Waals surface area contributed by atoms with Crippen molar-refractivity contribution in [3.05, 3.63) is 17.0 Å².